The van der Waals surface area contributed by atoms with Gasteiger partial charge in [-0.3, -0.25) is 10.1 Å². The molecule has 0 bridgehead atoms. The van der Waals surface area contributed by atoms with Gasteiger partial charge in [-0.2, -0.15) is 5.26 Å². The third kappa shape index (κ3) is 4.05. The van der Waals surface area contributed by atoms with Gasteiger partial charge in [-0.25, -0.2) is 17.5 Å². The Hall–Kier alpha value is -2.68. The zero-order chi connectivity index (χ0) is 21.3. The Morgan fingerprint density at radius 3 is 2.83 bits per heavy atom. The van der Waals surface area contributed by atoms with Crippen LogP contribution in [0.1, 0.15) is 19.4 Å². The molecule has 1 fully saturated rings. The minimum atomic E-state index is -4.14. The van der Waals surface area contributed by atoms with Crippen molar-refractivity contribution in [1.29, 1.82) is 5.26 Å². The molecule has 2 heterocycles. The van der Waals surface area contributed by atoms with Crippen LogP contribution in [0, 0.1) is 18.3 Å². The summed E-state index contributed by atoms with van der Waals surface area (Å²) in [6.07, 6.45) is 0. The van der Waals surface area contributed by atoms with Crippen molar-refractivity contribution in [1.82, 2.24) is 20.3 Å². The van der Waals surface area contributed by atoms with Crippen molar-refractivity contribution in [2.24, 2.45) is 0 Å². The predicted octanol–water partition coefficient (Wildman–Crippen LogP) is -0.122. The summed E-state index contributed by atoms with van der Waals surface area (Å²) in [6, 6.07) is 5.16. The maximum Gasteiger partial charge on any atom is 0.336 e. The van der Waals surface area contributed by atoms with Crippen LogP contribution in [-0.2, 0) is 14.8 Å². The van der Waals surface area contributed by atoms with E-state index in [9.17, 15) is 18.0 Å². The molecular formula is C18H24N6O4S. The number of urea groups is 1. The van der Waals surface area contributed by atoms with Crippen LogP contribution < -0.4 is 21.3 Å². The van der Waals surface area contributed by atoms with E-state index in [2.05, 4.69) is 27.3 Å². The van der Waals surface area contributed by atoms with E-state index in [1.165, 1.54) is 6.07 Å². The van der Waals surface area contributed by atoms with E-state index in [-0.39, 0.29) is 34.8 Å². The van der Waals surface area contributed by atoms with E-state index in [4.69, 9.17) is 5.26 Å². The Balaban J connectivity index is 1.70. The summed E-state index contributed by atoms with van der Waals surface area (Å²) in [5.41, 5.74) is 0.693. The smallest absolute Gasteiger partial charge is 0.336 e. The van der Waals surface area contributed by atoms with Crippen molar-refractivity contribution in [3.8, 4) is 6.07 Å². The van der Waals surface area contributed by atoms with Crippen molar-refractivity contribution in [3.63, 3.8) is 0 Å². The lowest BCUT2D eigenvalue weighted by Gasteiger charge is -2.38. The number of rotatable bonds is 4. The van der Waals surface area contributed by atoms with Crippen LogP contribution in [0.4, 0.5) is 10.5 Å². The molecule has 0 aromatic heterocycles. The molecule has 156 valence electrons. The zero-order valence-corrected chi connectivity index (χ0v) is 17.2. The standard InChI is InChI=1S/C18H24N6O4S/c1-10-5-4-6-14-17(10)29(27,28)24(18(26)23-14)9-15(25)22-12(3)16-11(2)21-13(7-19)8-20-16/h4-6,11-13,16,20-21H,8-9H2,1-3H3,(H,22,25)(H,23,26)/t11?,12-,13?,16?/m0/s1. The summed E-state index contributed by atoms with van der Waals surface area (Å²) in [4.78, 5) is 24.8. The Labute approximate surface area is 169 Å². The lowest BCUT2D eigenvalue weighted by molar-refractivity contribution is -0.121. The molecule has 1 saturated heterocycles. The number of carbonyl (C=O) groups excluding carboxylic acids is 2. The fourth-order valence-electron chi connectivity index (χ4n) is 3.77. The van der Waals surface area contributed by atoms with E-state index in [1.54, 1.807) is 26.0 Å². The Morgan fingerprint density at radius 1 is 1.45 bits per heavy atom. The number of aryl methyl sites for hydroxylation is 1. The number of nitrogens with one attached hydrogen (secondary N) is 4. The number of fused-ring (bicyclic) bond motifs is 1. The van der Waals surface area contributed by atoms with Crippen LogP contribution >= 0.6 is 0 Å². The van der Waals surface area contributed by atoms with Crippen molar-refractivity contribution < 1.29 is 18.0 Å². The van der Waals surface area contributed by atoms with Gasteiger partial charge < -0.3 is 16.0 Å². The number of benzene rings is 1. The van der Waals surface area contributed by atoms with E-state index < -0.39 is 28.5 Å². The van der Waals surface area contributed by atoms with Crippen molar-refractivity contribution in [2.45, 2.75) is 49.8 Å². The molecule has 1 aromatic carbocycles. The molecule has 0 aliphatic carbocycles. The minimum absolute atomic E-state index is 0.00485. The lowest BCUT2D eigenvalue weighted by Crippen LogP contribution is -2.65. The average Bonchev–Trinajstić information content (AvgIpc) is 2.64. The maximum absolute atomic E-state index is 12.9. The molecule has 10 nitrogen and oxygen atoms in total. The molecule has 2 aliphatic rings. The highest BCUT2D eigenvalue weighted by atomic mass is 32.2. The molecule has 1 aromatic rings. The largest absolute Gasteiger partial charge is 0.350 e. The molecule has 11 heteroatoms. The number of nitrogens with zero attached hydrogens (tertiary/aromatic N) is 2. The third-order valence-electron chi connectivity index (χ3n) is 5.16. The van der Waals surface area contributed by atoms with Gasteiger partial charge in [0, 0.05) is 24.7 Å². The Morgan fingerprint density at radius 2 is 2.17 bits per heavy atom. The van der Waals surface area contributed by atoms with Gasteiger partial charge in [0.2, 0.25) is 5.91 Å². The van der Waals surface area contributed by atoms with Gasteiger partial charge in [-0.1, -0.05) is 12.1 Å². The first-order valence-electron chi connectivity index (χ1n) is 9.27. The molecule has 4 atom stereocenters. The normalized spacial score (nSPS) is 26.6. The Kier molecular flexibility index (Phi) is 5.79. The summed E-state index contributed by atoms with van der Waals surface area (Å²) >= 11 is 0. The first-order chi connectivity index (χ1) is 13.6. The first-order valence-corrected chi connectivity index (χ1v) is 10.7. The summed E-state index contributed by atoms with van der Waals surface area (Å²) in [7, 11) is -4.14. The number of hydrogen-bond acceptors (Lipinski definition) is 7. The van der Waals surface area contributed by atoms with E-state index >= 15 is 0 Å². The summed E-state index contributed by atoms with van der Waals surface area (Å²) in [5.74, 6) is -0.593. The molecule has 0 saturated carbocycles. The van der Waals surface area contributed by atoms with E-state index in [0.29, 0.717) is 16.4 Å². The number of piperazine rings is 1. The topological polar surface area (TPSA) is 143 Å². The average molecular weight is 420 g/mol. The monoisotopic (exact) mass is 420 g/mol. The fourth-order valence-corrected chi connectivity index (χ4v) is 5.41. The molecule has 0 radical (unpaired) electrons. The highest BCUT2D eigenvalue weighted by Gasteiger charge is 2.39. The van der Waals surface area contributed by atoms with E-state index in [1.807, 2.05) is 6.92 Å². The third-order valence-corrected chi connectivity index (χ3v) is 7.09. The molecule has 29 heavy (non-hydrogen) atoms. The highest BCUT2D eigenvalue weighted by molar-refractivity contribution is 7.90. The van der Waals surface area contributed by atoms with Crippen LogP contribution in [0.2, 0.25) is 0 Å². The van der Waals surface area contributed by atoms with Crippen molar-refractivity contribution in [2.75, 3.05) is 18.4 Å². The summed E-state index contributed by atoms with van der Waals surface area (Å²) in [6.45, 7) is 5.12. The summed E-state index contributed by atoms with van der Waals surface area (Å²) < 4.78 is 26.4. The van der Waals surface area contributed by atoms with Crippen LogP contribution in [0.25, 0.3) is 0 Å². The number of sulfonamides is 1. The highest BCUT2D eigenvalue weighted by Crippen LogP contribution is 2.32. The number of hydrogen-bond donors (Lipinski definition) is 4. The summed E-state index contributed by atoms with van der Waals surface area (Å²) in [5, 5.41) is 20.6. The van der Waals surface area contributed by atoms with Crippen molar-refractivity contribution in [3.05, 3.63) is 23.8 Å². The van der Waals surface area contributed by atoms with E-state index in [0.717, 1.165) is 0 Å². The van der Waals surface area contributed by atoms with Gasteiger partial charge >= 0.3 is 6.03 Å². The molecule has 2 aliphatic heterocycles. The van der Waals surface area contributed by atoms with Gasteiger partial charge in [0.25, 0.3) is 10.0 Å². The second-order valence-corrected chi connectivity index (χ2v) is 9.12. The van der Waals surface area contributed by atoms with Gasteiger partial charge in [-0.15, -0.1) is 0 Å². The number of nitriles is 1. The minimum Gasteiger partial charge on any atom is -0.350 e. The molecule has 3 rings (SSSR count). The number of anilines is 1. The Bertz CT molecular complexity index is 973. The quantitative estimate of drug-likeness (QED) is 0.531. The lowest BCUT2D eigenvalue weighted by atomic mass is 9.98. The van der Waals surface area contributed by atoms with Gasteiger partial charge in [0.05, 0.1) is 11.8 Å². The van der Waals surface area contributed by atoms with Crippen LogP contribution in [-0.4, -0.2) is 61.9 Å². The van der Waals surface area contributed by atoms with Gasteiger partial charge in [-0.05, 0) is 32.4 Å². The second kappa shape index (κ2) is 7.98. The number of carbonyl (C=O) groups is 2. The van der Waals surface area contributed by atoms with Crippen LogP contribution in [0.5, 0.6) is 0 Å². The fraction of sp³-hybridized carbons (Fsp3) is 0.500. The molecule has 3 amide bonds. The zero-order valence-electron chi connectivity index (χ0n) is 16.4. The molecular weight excluding hydrogens is 396 g/mol. The maximum atomic E-state index is 12.9. The van der Waals surface area contributed by atoms with Gasteiger partial charge in [0.1, 0.15) is 17.5 Å². The van der Waals surface area contributed by atoms with Gasteiger partial charge in [0.15, 0.2) is 0 Å². The van der Waals surface area contributed by atoms with Crippen molar-refractivity contribution >= 4 is 27.6 Å². The molecule has 3 unspecified atom stereocenters. The first kappa shape index (κ1) is 21.0. The molecule has 0 spiro atoms. The SMILES string of the molecule is Cc1cccc2c1S(=O)(=O)N(CC(=O)N[C@@H](C)C1NCC(C#N)NC1C)C(=O)N2. The predicted molar refractivity (Wildman–Crippen MR) is 105 cm³/mol. The van der Waals surface area contributed by atoms with Crippen LogP contribution in [0.3, 0.4) is 0 Å². The second-order valence-electron chi connectivity index (χ2n) is 7.32. The molecule has 4 N–H and O–H groups in total. The number of amides is 3. The van der Waals surface area contributed by atoms with Crippen LogP contribution in [0.15, 0.2) is 23.1 Å².